The molecule has 0 fully saturated rings. The minimum Gasteiger partial charge on any atom is -0.481 e. The molecule has 110 valence electrons. The third-order valence-corrected chi connectivity index (χ3v) is 3.17. The number of rotatable bonds is 7. The number of hydrogen-bond donors (Lipinski definition) is 3. The molecule has 1 heterocycles. The number of hydrogen-bond acceptors (Lipinski definition) is 3. The van der Waals surface area contributed by atoms with Crippen molar-refractivity contribution >= 4 is 11.9 Å². The van der Waals surface area contributed by atoms with Crippen LogP contribution in [0.15, 0.2) is 23.1 Å². The number of aromatic nitrogens is 1. The monoisotopic (exact) mass is 280 g/mol. The van der Waals surface area contributed by atoms with E-state index in [1.807, 2.05) is 13.8 Å². The SMILES string of the molecule is CC(C)(CCNC(=O)c1ccc[nH]c1=O)CCC(=O)O. The van der Waals surface area contributed by atoms with Gasteiger partial charge in [-0.05, 0) is 30.4 Å². The van der Waals surface area contributed by atoms with E-state index in [2.05, 4.69) is 10.3 Å². The molecule has 0 atom stereocenters. The minimum atomic E-state index is -0.821. The van der Waals surface area contributed by atoms with Gasteiger partial charge in [-0.1, -0.05) is 13.8 Å². The Kier molecular flexibility index (Phi) is 5.49. The Morgan fingerprint density at radius 1 is 1.35 bits per heavy atom. The van der Waals surface area contributed by atoms with Crippen molar-refractivity contribution in [1.82, 2.24) is 10.3 Å². The van der Waals surface area contributed by atoms with Crippen LogP contribution in [0.25, 0.3) is 0 Å². The van der Waals surface area contributed by atoms with E-state index in [-0.39, 0.29) is 17.4 Å². The topological polar surface area (TPSA) is 99.3 Å². The third kappa shape index (κ3) is 5.26. The summed E-state index contributed by atoms with van der Waals surface area (Å²) in [6.45, 7) is 4.31. The highest BCUT2D eigenvalue weighted by Gasteiger charge is 2.19. The quantitative estimate of drug-likeness (QED) is 0.702. The van der Waals surface area contributed by atoms with E-state index in [1.54, 1.807) is 6.07 Å². The molecular formula is C14H20N2O4. The predicted molar refractivity (Wildman–Crippen MR) is 74.7 cm³/mol. The fourth-order valence-corrected chi connectivity index (χ4v) is 1.78. The molecule has 1 aromatic heterocycles. The average molecular weight is 280 g/mol. The summed E-state index contributed by atoms with van der Waals surface area (Å²) in [6.07, 6.45) is 2.77. The van der Waals surface area contributed by atoms with E-state index in [1.165, 1.54) is 12.3 Å². The maximum atomic E-state index is 11.8. The van der Waals surface area contributed by atoms with Crippen molar-refractivity contribution in [2.75, 3.05) is 6.54 Å². The van der Waals surface area contributed by atoms with Crippen LogP contribution in [0.3, 0.4) is 0 Å². The number of carbonyl (C=O) groups excluding carboxylic acids is 1. The highest BCUT2D eigenvalue weighted by Crippen LogP contribution is 2.25. The van der Waals surface area contributed by atoms with Crippen molar-refractivity contribution in [3.05, 3.63) is 34.2 Å². The van der Waals surface area contributed by atoms with E-state index in [4.69, 9.17) is 5.11 Å². The molecule has 1 rings (SSSR count). The van der Waals surface area contributed by atoms with E-state index in [0.717, 1.165) is 0 Å². The third-order valence-electron chi connectivity index (χ3n) is 3.17. The second-order valence-electron chi connectivity index (χ2n) is 5.48. The maximum absolute atomic E-state index is 11.8. The highest BCUT2D eigenvalue weighted by atomic mass is 16.4. The van der Waals surface area contributed by atoms with Crippen LogP contribution in [-0.2, 0) is 4.79 Å². The molecule has 0 radical (unpaired) electrons. The lowest BCUT2D eigenvalue weighted by atomic mass is 9.84. The molecule has 6 nitrogen and oxygen atoms in total. The molecule has 0 unspecified atom stereocenters. The Hall–Kier alpha value is -2.11. The van der Waals surface area contributed by atoms with Gasteiger partial charge < -0.3 is 15.4 Å². The number of nitrogens with one attached hydrogen (secondary N) is 2. The molecule has 6 heteroatoms. The fourth-order valence-electron chi connectivity index (χ4n) is 1.78. The zero-order valence-electron chi connectivity index (χ0n) is 11.7. The number of H-pyrrole nitrogens is 1. The lowest BCUT2D eigenvalue weighted by molar-refractivity contribution is -0.137. The number of carboxylic acids is 1. The molecule has 0 spiro atoms. The Balaban J connectivity index is 2.44. The number of aromatic amines is 1. The highest BCUT2D eigenvalue weighted by molar-refractivity contribution is 5.93. The van der Waals surface area contributed by atoms with Gasteiger partial charge in [0.2, 0.25) is 0 Å². The lowest BCUT2D eigenvalue weighted by Crippen LogP contribution is -2.32. The van der Waals surface area contributed by atoms with Crippen LogP contribution in [0.5, 0.6) is 0 Å². The summed E-state index contributed by atoms with van der Waals surface area (Å²) in [4.78, 5) is 36.2. The van der Waals surface area contributed by atoms with Crippen molar-refractivity contribution in [3.8, 4) is 0 Å². The smallest absolute Gasteiger partial charge is 0.303 e. The maximum Gasteiger partial charge on any atom is 0.303 e. The van der Waals surface area contributed by atoms with Gasteiger partial charge >= 0.3 is 5.97 Å². The second-order valence-corrected chi connectivity index (χ2v) is 5.48. The zero-order valence-corrected chi connectivity index (χ0v) is 11.7. The van der Waals surface area contributed by atoms with Gasteiger partial charge in [0.05, 0.1) is 0 Å². The van der Waals surface area contributed by atoms with Gasteiger partial charge in [-0.2, -0.15) is 0 Å². The van der Waals surface area contributed by atoms with Crippen LogP contribution < -0.4 is 10.9 Å². The predicted octanol–water partition coefficient (Wildman–Crippen LogP) is 1.39. The Labute approximate surface area is 117 Å². The summed E-state index contributed by atoms with van der Waals surface area (Å²) in [5.74, 6) is -1.24. The first-order chi connectivity index (χ1) is 9.32. The molecule has 0 aliphatic carbocycles. The summed E-state index contributed by atoms with van der Waals surface area (Å²) >= 11 is 0. The second kappa shape index (κ2) is 6.88. The summed E-state index contributed by atoms with van der Waals surface area (Å²) in [5.41, 5.74) is -0.514. The van der Waals surface area contributed by atoms with Gasteiger partial charge in [-0.3, -0.25) is 14.4 Å². The number of aliphatic carboxylic acids is 1. The molecule has 0 aliphatic rings. The first-order valence-corrected chi connectivity index (χ1v) is 6.49. The van der Waals surface area contributed by atoms with Gasteiger partial charge in [0.25, 0.3) is 11.5 Å². The Morgan fingerprint density at radius 2 is 2.05 bits per heavy atom. The van der Waals surface area contributed by atoms with Gasteiger partial charge in [0, 0.05) is 19.2 Å². The molecule has 1 amide bonds. The van der Waals surface area contributed by atoms with Crippen LogP contribution >= 0.6 is 0 Å². The molecule has 0 aromatic carbocycles. The van der Waals surface area contributed by atoms with Crippen LogP contribution in [0.4, 0.5) is 0 Å². The minimum absolute atomic E-state index is 0.0795. The molecule has 0 saturated carbocycles. The van der Waals surface area contributed by atoms with E-state index in [9.17, 15) is 14.4 Å². The first kappa shape index (κ1) is 15.9. The van der Waals surface area contributed by atoms with E-state index in [0.29, 0.717) is 19.4 Å². The number of pyridine rings is 1. The first-order valence-electron chi connectivity index (χ1n) is 6.49. The van der Waals surface area contributed by atoms with Crippen molar-refractivity contribution < 1.29 is 14.7 Å². The zero-order chi connectivity index (χ0) is 15.2. The van der Waals surface area contributed by atoms with Gasteiger partial charge in [-0.15, -0.1) is 0 Å². The number of carbonyl (C=O) groups is 2. The van der Waals surface area contributed by atoms with Gasteiger partial charge in [-0.25, -0.2) is 0 Å². The fraction of sp³-hybridized carbons (Fsp3) is 0.500. The molecule has 0 saturated heterocycles. The van der Waals surface area contributed by atoms with Crippen molar-refractivity contribution in [2.24, 2.45) is 5.41 Å². The summed E-state index contributed by atoms with van der Waals surface area (Å²) in [6, 6.07) is 3.05. The Bertz CT molecular complexity index is 534. The van der Waals surface area contributed by atoms with Crippen molar-refractivity contribution in [3.63, 3.8) is 0 Å². The molecule has 1 aromatic rings. The molecule has 0 aliphatic heterocycles. The van der Waals surface area contributed by atoms with E-state index >= 15 is 0 Å². The van der Waals surface area contributed by atoms with Crippen LogP contribution in [0.2, 0.25) is 0 Å². The molecule has 20 heavy (non-hydrogen) atoms. The lowest BCUT2D eigenvalue weighted by Gasteiger charge is -2.23. The average Bonchev–Trinajstić information content (AvgIpc) is 2.37. The van der Waals surface area contributed by atoms with Gasteiger partial charge in [0.1, 0.15) is 5.56 Å². The Morgan fingerprint density at radius 3 is 2.65 bits per heavy atom. The summed E-state index contributed by atoms with van der Waals surface area (Å²) in [5, 5.41) is 11.3. The van der Waals surface area contributed by atoms with Crippen LogP contribution in [0.1, 0.15) is 43.5 Å². The number of amides is 1. The van der Waals surface area contributed by atoms with Gasteiger partial charge in [0.15, 0.2) is 0 Å². The summed E-state index contributed by atoms with van der Waals surface area (Å²) in [7, 11) is 0. The standard InChI is InChI=1S/C14H20N2O4/c1-14(2,6-5-11(17)18)7-9-16-13(20)10-4-3-8-15-12(10)19/h3-4,8H,5-7,9H2,1-2H3,(H,15,19)(H,16,20)(H,17,18). The molecular weight excluding hydrogens is 260 g/mol. The summed E-state index contributed by atoms with van der Waals surface area (Å²) < 4.78 is 0. The normalized spacial score (nSPS) is 11.1. The van der Waals surface area contributed by atoms with Crippen molar-refractivity contribution in [1.29, 1.82) is 0 Å². The largest absolute Gasteiger partial charge is 0.481 e. The number of carboxylic acid groups (broad SMARTS) is 1. The van der Waals surface area contributed by atoms with Crippen LogP contribution in [-0.4, -0.2) is 28.5 Å². The molecule has 0 bridgehead atoms. The van der Waals surface area contributed by atoms with E-state index < -0.39 is 17.4 Å². The van der Waals surface area contributed by atoms with Crippen molar-refractivity contribution in [2.45, 2.75) is 33.1 Å². The van der Waals surface area contributed by atoms with Crippen LogP contribution in [0, 0.1) is 5.41 Å². The molecule has 3 N–H and O–H groups in total.